The van der Waals surface area contributed by atoms with Gasteiger partial charge in [-0.3, -0.25) is 0 Å². The molecule has 1 aromatic heterocycles. The molecule has 1 heterocycles. The molecule has 0 radical (unpaired) electrons. The van der Waals surface area contributed by atoms with E-state index in [9.17, 15) is 0 Å². The van der Waals surface area contributed by atoms with Gasteiger partial charge in [0.1, 0.15) is 0 Å². The topological polar surface area (TPSA) is 9.86 Å². The Labute approximate surface area is 135 Å². The quantitative estimate of drug-likeness (QED) is 0.388. The van der Waals surface area contributed by atoms with E-state index >= 15 is 0 Å². The Hall–Kier alpha value is -1.35. The zero-order valence-electron chi connectivity index (χ0n) is 11.6. The number of rotatable bonds is 2. The van der Waals surface area contributed by atoms with Crippen molar-refractivity contribution >= 4 is 12.2 Å². The van der Waals surface area contributed by atoms with Crippen LogP contribution in [0.5, 0.6) is 0 Å². The molecule has 0 aliphatic carbocycles. The largest absolute Gasteiger partial charge is 0.328 e. The molecule has 0 saturated heterocycles. The summed E-state index contributed by atoms with van der Waals surface area (Å²) in [5, 5.41) is 0. The van der Waals surface area contributed by atoms with Crippen molar-refractivity contribution < 1.29 is 17.1 Å². The number of hydrogen-bond donors (Lipinski definition) is 0. The van der Waals surface area contributed by atoms with Crippen LogP contribution >= 0.6 is 12.2 Å². The maximum absolute atomic E-state index is 5.30. The average molecular weight is 326 g/mol. The molecule has 3 aromatic rings. The van der Waals surface area contributed by atoms with Gasteiger partial charge in [-0.25, -0.2) is 24.3 Å². The van der Waals surface area contributed by atoms with Crippen molar-refractivity contribution in [3.8, 4) is 0 Å². The van der Waals surface area contributed by atoms with Gasteiger partial charge in [0, 0.05) is 42.6 Å². The van der Waals surface area contributed by atoms with Gasteiger partial charge in [0.2, 0.25) is 0 Å². The van der Waals surface area contributed by atoms with Gasteiger partial charge >= 0.3 is 0 Å². The van der Waals surface area contributed by atoms with Crippen molar-refractivity contribution in [2.45, 2.75) is 13.0 Å². The summed E-state index contributed by atoms with van der Waals surface area (Å²) < 4.78 is 4.91. The van der Waals surface area contributed by atoms with Crippen molar-refractivity contribution in [2.75, 3.05) is 0 Å². The van der Waals surface area contributed by atoms with Crippen LogP contribution in [-0.2, 0) is 24.1 Å². The zero-order chi connectivity index (χ0) is 13.7. The fraction of sp³-hybridized carbons (Fsp3) is 0.188. The molecule has 20 heavy (non-hydrogen) atoms. The summed E-state index contributed by atoms with van der Waals surface area (Å²) in [6.45, 7) is 2.16. The molecule has 1 atom stereocenters. The molecule has 1 unspecified atom stereocenters. The molecule has 2 aromatic carbocycles. The number of hydrogen-bond acceptors (Lipinski definition) is 1. The van der Waals surface area contributed by atoms with Gasteiger partial charge in [0.25, 0.3) is 0 Å². The Bertz CT molecular complexity index is 615. The van der Waals surface area contributed by atoms with E-state index in [2.05, 4.69) is 35.8 Å². The first kappa shape index (κ1) is 16.7. The molecule has 0 bridgehead atoms. The minimum Gasteiger partial charge on any atom is -0.328 e. The molecule has 108 valence electrons. The van der Waals surface area contributed by atoms with E-state index in [1.54, 1.807) is 0 Å². The Morgan fingerprint density at radius 1 is 1.10 bits per heavy atom. The normalized spacial score (nSPS) is 11.1. The van der Waals surface area contributed by atoms with Gasteiger partial charge in [0.05, 0.1) is 0 Å². The van der Waals surface area contributed by atoms with Crippen LogP contribution in [0.4, 0.5) is 0 Å². The smallest absolute Gasteiger partial charge is 0.179 e. The van der Waals surface area contributed by atoms with Gasteiger partial charge in [-0.15, -0.1) is 5.56 Å². The standard InChI is InChI=1S/C11H13N2S.C5H5.Fe/c1-9(10-5-3-4-6-10)13-8-7-12(2)11(13)14;1-2-4-5-3-1;/h3-9H,1-2H3;1-5H;/q2*-1;. The van der Waals surface area contributed by atoms with Gasteiger partial charge in [-0.05, 0) is 12.2 Å². The van der Waals surface area contributed by atoms with E-state index in [1.165, 1.54) is 5.56 Å². The molecule has 2 nitrogen and oxygen atoms in total. The average Bonchev–Trinajstić information content (AvgIpc) is 3.14. The van der Waals surface area contributed by atoms with Gasteiger partial charge in [0.15, 0.2) is 4.77 Å². The summed E-state index contributed by atoms with van der Waals surface area (Å²) in [5.74, 6) is 0. The van der Waals surface area contributed by atoms with Crippen LogP contribution in [0.2, 0.25) is 0 Å². The predicted molar refractivity (Wildman–Crippen MR) is 82.1 cm³/mol. The molecule has 3 rings (SSSR count). The van der Waals surface area contributed by atoms with Gasteiger partial charge in [-0.1, -0.05) is 6.92 Å². The first-order chi connectivity index (χ1) is 9.20. The summed E-state index contributed by atoms with van der Waals surface area (Å²) in [6.07, 6.45) is 4.02. The van der Waals surface area contributed by atoms with Crippen LogP contribution in [0.25, 0.3) is 0 Å². The Kier molecular flexibility index (Phi) is 6.72. The van der Waals surface area contributed by atoms with Crippen molar-refractivity contribution in [2.24, 2.45) is 7.05 Å². The molecule has 0 N–H and O–H groups in total. The Morgan fingerprint density at radius 2 is 1.70 bits per heavy atom. The van der Waals surface area contributed by atoms with Crippen molar-refractivity contribution in [3.05, 3.63) is 77.3 Å². The zero-order valence-corrected chi connectivity index (χ0v) is 13.5. The SMILES string of the molecule is CC([c-]1cccc1)n1ccn(C)c1=S.[Fe].c1cc[cH-]c1. The van der Waals surface area contributed by atoms with Crippen molar-refractivity contribution in [1.82, 2.24) is 9.13 Å². The van der Waals surface area contributed by atoms with E-state index < -0.39 is 0 Å². The predicted octanol–water partition coefficient (Wildman–Crippen LogP) is 4.29. The maximum atomic E-state index is 5.30. The summed E-state index contributed by atoms with van der Waals surface area (Å²) in [6, 6.07) is 18.7. The first-order valence-electron chi connectivity index (χ1n) is 6.32. The number of aryl methyl sites for hydroxylation is 1. The third kappa shape index (κ3) is 4.07. The van der Waals surface area contributed by atoms with Gasteiger partial charge < -0.3 is 9.13 Å². The number of imidazole rings is 1. The monoisotopic (exact) mass is 326 g/mol. The summed E-state index contributed by atoms with van der Waals surface area (Å²) in [5.41, 5.74) is 1.30. The minimum absolute atomic E-state index is 0. The maximum Gasteiger partial charge on any atom is 0.179 e. The molecule has 0 aliphatic heterocycles. The van der Waals surface area contributed by atoms with E-state index in [1.807, 2.05) is 54.3 Å². The second kappa shape index (κ2) is 8.05. The Balaban J connectivity index is 0.000000283. The first-order valence-corrected chi connectivity index (χ1v) is 6.72. The van der Waals surface area contributed by atoms with Crippen LogP contribution in [0.3, 0.4) is 0 Å². The number of aromatic nitrogens is 2. The van der Waals surface area contributed by atoms with Crippen LogP contribution in [0.15, 0.2) is 67.0 Å². The fourth-order valence-corrected chi connectivity index (χ4v) is 2.20. The molecular formula is C16H18FeN2S-2. The Morgan fingerprint density at radius 3 is 2.10 bits per heavy atom. The van der Waals surface area contributed by atoms with Crippen molar-refractivity contribution in [3.63, 3.8) is 0 Å². The second-order valence-corrected chi connectivity index (χ2v) is 4.82. The molecule has 0 spiro atoms. The summed E-state index contributed by atoms with van der Waals surface area (Å²) in [4.78, 5) is 0. The molecule has 4 heteroatoms. The fourth-order valence-electron chi connectivity index (χ4n) is 1.93. The third-order valence-electron chi connectivity index (χ3n) is 3.12. The van der Waals surface area contributed by atoms with E-state index in [4.69, 9.17) is 12.2 Å². The number of nitrogens with zero attached hydrogens (tertiary/aromatic N) is 2. The molecule has 0 saturated carbocycles. The van der Waals surface area contributed by atoms with Crippen molar-refractivity contribution in [1.29, 1.82) is 0 Å². The van der Waals surface area contributed by atoms with E-state index in [-0.39, 0.29) is 17.1 Å². The van der Waals surface area contributed by atoms with Crippen LogP contribution < -0.4 is 0 Å². The molecule has 0 amide bonds. The van der Waals surface area contributed by atoms with Gasteiger partial charge in [-0.2, -0.15) is 30.3 Å². The molecule has 0 fully saturated rings. The van der Waals surface area contributed by atoms with Crippen LogP contribution in [0, 0.1) is 4.77 Å². The van der Waals surface area contributed by atoms with E-state index in [0.717, 1.165) is 4.77 Å². The van der Waals surface area contributed by atoms with E-state index in [0.29, 0.717) is 6.04 Å². The van der Waals surface area contributed by atoms with Crippen LogP contribution in [-0.4, -0.2) is 9.13 Å². The molecular weight excluding hydrogens is 308 g/mol. The third-order valence-corrected chi connectivity index (χ3v) is 3.62. The second-order valence-electron chi connectivity index (χ2n) is 4.46. The van der Waals surface area contributed by atoms with Crippen LogP contribution in [0.1, 0.15) is 18.5 Å². The minimum atomic E-state index is 0. The molecule has 0 aliphatic rings. The summed E-state index contributed by atoms with van der Waals surface area (Å²) >= 11 is 5.30. The summed E-state index contributed by atoms with van der Waals surface area (Å²) in [7, 11) is 1.97.